The summed E-state index contributed by atoms with van der Waals surface area (Å²) in [5, 5.41) is 0. The molecule has 1 aliphatic rings. The van der Waals surface area contributed by atoms with Crippen molar-refractivity contribution in [3.05, 3.63) is 65.2 Å². The van der Waals surface area contributed by atoms with Crippen molar-refractivity contribution in [2.45, 2.75) is 12.8 Å². The number of aromatic nitrogens is 1. The first-order valence-corrected chi connectivity index (χ1v) is 8.37. The predicted octanol–water partition coefficient (Wildman–Crippen LogP) is 2.81. The topological polar surface area (TPSA) is 76.3 Å². The molecule has 2 N–H and O–H groups in total. The predicted molar refractivity (Wildman–Crippen MR) is 93.6 cm³/mol. The number of halogens is 3. The molecule has 1 fully saturated rings. The fraction of sp³-hybridized carbons (Fsp3) is 0.316. The van der Waals surface area contributed by atoms with E-state index in [1.807, 2.05) is 12.1 Å². The molecule has 1 saturated heterocycles. The molecule has 8 heteroatoms. The summed E-state index contributed by atoms with van der Waals surface area (Å²) in [6.07, 6.45) is 3.61. The van der Waals surface area contributed by atoms with Gasteiger partial charge in [-0.05, 0) is 45.1 Å². The van der Waals surface area contributed by atoms with E-state index in [4.69, 9.17) is 0 Å². The van der Waals surface area contributed by atoms with E-state index in [1.165, 1.54) is 0 Å². The quantitative estimate of drug-likeness (QED) is 0.832. The summed E-state index contributed by atoms with van der Waals surface area (Å²) < 4.78 is 37.4. The van der Waals surface area contributed by atoms with Crippen LogP contribution in [0.3, 0.4) is 0 Å². The van der Waals surface area contributed by atoms with Gasteiger partial charge in [0.25, 0.3) is 5.91 Å². The number of primary amides is 1. The van der Waals surface area contributed by atoms with Gasteiger partial charge < -0.3 is 10.6 Å². The van der Waals surface area contributed by atoms with Gasteiger partial charge in [-0.3, -0.25) is 14.6 Å². The maximum absolute atomic E-state index is 12.6. The maximum atomic E-state index is 12.6. The minimum atomic E-state index is -1.29. The average Bonchev–Trinajstić information content (AvgIpc) is 2.62. The SMILES string of the molecule is CN1CCC(C(=O)c2ccccn2)CC1.NC(=O)c1c(F)cc(F)cc1F. The van der Waals surface area contributed by atoms with Crippen molar-refractivity contribution in [2.24, 2.45) is 11.7 Å². The smallest absolute Gasteiger partial charge is 0.254 e. The average molecular weight is 379 g/mol. The third-order valence-corrected chi connectivity index (χ3v) is 4.26. The van der Waals surface area contributed by atoms with Gasteiger partial charge in [0.1, 0.15) is 28.7 Å². The number of carbonyl (C=O) groups excluding carboxylic acids is 2. The number of benzene rings is 1. The van der Waals surface area contributed by atoms with Crippen LogP contribution in [0.4, 0.5) is 13.2 Å². The monoisotopic (exact) mass is 379 g/mol. The Bertz CT molecular complexity index is 784. The second-order valence-electron chi connectivity index (χ2n) is 6.27. The Hall–Kier alpha value is -2.74. The number of hydrogen-bond donors (Lipinski definition) is 1. The molecule has 0 spiro atoms. The van der Waals surface area contributed by atoms with E-state index in [9.17, 15) is 22.8 Å². The molecule has 1 aromatic heterocycles. The Morgan fingerprint density at radius 1 is 1.11 bits per heavy atom. The van der Waals surface area contributed by atoms with Crippen LogP contribution in [0, 0.1) is 23.4 Å². The van der Waals surface area contributed by atoms with Crippen LogP contribution in [0.5, 0.6) is 0 Å². The molecule has 0 bridgehead atoms. The molecule has 1 aromatic carbocycles. The molecule has 5 nitrogen and oxygen atoms in total. The summed E-state index contributed by atoms with van der Waals surface area (Å²) in [6.45, 7) is 2.03. The van der Waals surface area contributed by atoms with E-state index >= 15 is 0 Å². The number of ketones is 1. The second kappa shape index (κ2) is 9.27. The lowest BCUT2D eigenvalue weighted by Crippen LogP contribution is -2.33. The Morgan fingerprint density at radius 3 is 2.19 bits per heavy atom. The van der Waals surface area contributed by atoms with Crippen LogP contribution in [-0.4, -0.2) is 41.7 Å². The molecule has 2 heterocycles. The van der Waals surface area contributed by atoms with Crippen LogP contribution in [0.25, 0.3) is 0 Å². The molecular formula is C19H20F3N3O2. The number of pyridine rings is 1. The number of amides is 1. The third kappa shape index (κ3) is 5.62. The van der Waals surface area contributed by atoms with Gasteiger partial charge >= 0.3 is 0 Å². The van der Waals surface area contributed by atoms with Crippen LogP contribution < -0.4 is 5.73 Å². The zero-order valence-electron chi connectivity index (χ0n) is 14.8. The van der Waals surface area contributed by atoms with Crippen LogP contribution in [-0.2, 0) is 0 Å². The zero-order valence-corrected chi connectivity index (χ0v) is 14.8. The van der Waals surface area contributed by atoms with Crippen molar-refractivity contribution in [1.29, 1.82) is 0 Å². The van der Waals surface area contributed by atoms with Gasteiger partial charge in [0.2, 0.25) is 0 Å². The highest BCUT2D eigenvalue weighted by molar-refractivity contribution is 5.96. The number of Topliss-reactive ketones (excluding diaryl/α,β-unsaturated/α-hetero) is 1. The summed E-state index contributed by atoms with van der Waals surface area (Å²) in [7, 11) is 2.10. The van der Waals surface area contributed by atoms with Crippen molar-refractivity contribution < 1.29 is 22.8 Å². The van der Waals surface area contributed by atoms with Crippen LogP contribution in [0.1, 0.15) is 33.7 Å². The fourth-order valence-electron chi connectivity index (χ4n) is 2.77. The number of carbonyl (C=O) groups is 2. The van der Waals surface area contributed by atoms with E-state index in [1.54, 1.807) is 12.3 Å². The summed E-state index contributed by atoms with van der Waals surface area (Å²) in [5.74, 6) is -4.54. The summed E-state index contributed by atoms with van der Waals surface area (Å²) in [6, 6.07) is 6.30. The second-order valence-corrected chi connectivity index (χ2v) is 6.27. The lowest BCUT2D eigenvalue weighted by atomic mass is 9.91. The van der Waals surface area contributed by atoms with Crippen molar-refractivity contribution in [3.8, 4) is 0 Å². The molecular weight excluding hydrogens is 359 g/mol. The van der Waals surface area contributed by atoms with Crippen LogP contribution >= 0.6 is 0 Å². The summed E-state index contributed by atoms with van der Waals surface area (Å²) >= 11 is 0. The third-order valence-electron chi connectivity index (χ3n) is 4.26. The molecule has 3 rings (SSSR count). The van der Waals surface area contributed by atoms with E-state index in [2.05, 4.69) is 22.7 Å². The van der Waals surface area contributed by atoms with E-state index in [-0.39, 0.29) is 11.7 Å². The molecule has 0 atom stereocenters. The number of nitrogens with zero attached hydrogens (tertiary/aromatic N) is 2. The molecule has 0 radical (unpaired) electrons. The highest BCUT2D eigenvalue weighted by Crippen LogP contribution is 2.19. The molecule has 27 heavy (non-hydrogen) atoms. The molecule has 1 amide bonds. The minimum absolute atomic E-state index is 0.177. The normalized spacial score (nSPS) is 15.0. The van der Waals surface area contributed by atoms with Crippen LogP contribution in [0.15, 0.2) is 36.5 Å². The van der Waals surface area contributed by atoms with Gasteiger partial charge in [-0.15, -0.1) is 0 Å². The first-order valence-electron chi connectivity index (χ1n) is 8.37. The highest BCUT2D eigenvalue weighted by Gasteiger charge is 2.24. The first-order chi connectivity index (χ1) is 12.8. The summed E-state index contributed by atoms with van der Waals surface area (Å²) in [4.78, 5) is 28.8. The zero-order chi connectivity index (χ0) is 20.0. The Morgan fingerprint density at radius 2 is 1.70 bits per heavy atom. The molecule has 1 aliphatic heterocycles. The van der Waals surface area contributed by atoms with Crippen molar-refractivity contribution in [3.63, 3.8) is 0 Å². The Kier molecular flexibility index (Phi) is 7.06. The maximum Gasteiger partial charge on any atom is 0.254 e. The summed E-state index contributed by atoms with van der Waals surface area (Å²) in [5.41, 5.74) is 4.32. The van der Waals surface area contributed by atoms with Gasteiger partial charge in [0.05, 0.1) is 0 Å². The highest BCUT2D eigenvalue weighted by atomic mass is 19.1. The molecule has 0 aliphatic carbocycles. The largest absolute Gasteiger partial charge is 0.365 e. The van der Waals surface area contributed by atoms with Crippen molar-refractivity contribution in [1.82, 2.24) is 9.88 Å². The standard InChI is InChI=1S/C12H16N2O.C7H4F3NO/c1-14-8-5-10(6-9-14)12(15)11-4-2-3-7-13-11;8-3-1-4(9)6(7(11)12)5(10)2-3/h2-4,7,10H,5-6,8-9H2,1H3;1-2H,(H2,11,12). The van der Waals surface area contributed by atoms with E-state index in [0.29, 0.717) is 17.8 Å². The lowest BCUT2D eigenvalue weighted by molar-refractivity contribution is 0.0851. The number of rotatable bonds is 3. The number of piperidine rings is 1. The minimum Gasteiger partial charge on any atom is -0.365 e. The van der Waals surface area contributed by atoms with Crippen molar-refractivity contribution in [2.75, 3.05) is 20.1 Å². The van der Waals surface area contributed by atoms with Crippen molar-refractivity contribution >= 4 is 11.7 Å². The Balaban J connectivity index is 0.000000199. The number of hydrogen-bond acceptors (Lipinski definition) is 4. The molecule has 2 aromatic rings. The van der Waals surface area contributed by atoms with E-state index in [0.717, 1.165) is 25.9 Å². The van der Waals surface area contributed by atoms with Gasteiger partial charge in [-0.2, -0.15) is 0 Å². The van der Waals surface area contributed by atoms with Gasteiger partial charge in [-0.25, -0.2) is 13.2 Å². The number of likely N-dealkylation sites (tertiary alicyclic amines) is 1. The molecule has 144 valence electrons. The Labute approximate surface area is 155 Å². The number of nitrogens with two attached hydrogens (primary N) is 1. The van der Waals surface area contributed by atoms with Crippen LogP contribution in [0.2, 0.25) is 0 Å². The first kappa shape index (κ1) is 20.6. The van der Waals surface area contributed by atoms with E-state index < -0.39 is 28.9 Å². The lowest BCUT2D eigenvalue weighted by Gasteiger charge is -2.27. The van der Waals surface area contributed by atoms with Gasteiger partial charge in [-0.1, -0.05) is 6.07 Å². The fourth-order valence-corrected chi connectivity index (χ4v) is 2.77. The molecule has 0 saturated carbocycles. The molecule has 0 unspecified atom stereocenters. The van der Waals surface area contributed by atoms with Gasteiger partial charge in [0, 0.05) is 24.2 Å². The van der Waals surface area contributed by atoms with Gasteiger partial charge in [0.15, 0.2) is 5.78 Å².